The highest BCUT2D eigenvalue weighted by atomic mass is 16.5. The highest BCUT2D eigenvalue weighted by Gasteiger charge is 2.29. The molecule has 96 valence electrons. The highest BCUT2D eigenvalue weighted by molar-refractivity contribution is 5.70. The average molecular weight is 245 g/mol. The summed E-state index contributed by atoms with van der Waals surface area (Å²) in [5.74, 6) is 0. The molecule has 1 heterocycles. The number of hydrogen-bond acceptors (Lipinski definition) is 3. The molecule has 0 radical (unpaired) electrons. The predicted octanol–water partition coefficient (Wildman–Crippen LogP) is 1.99. The largest absolute Gasteiger partial charge is 0.379 e. The summed E-state index contributed by atoms with van der Waals surface area (Å²) < 4.78 is 5.32. The molecule has 1 unspecified atom stereocenters. The van der Waals surface area contributed by atoms with Crippen molar-refractivity contribution in [3.05, 3.63) is 42.0 Å². The van der Waals surface area contributed by atoms with Gasteiger partial charge in [-0.15, -0.1) is 0 Å². The van der Waals surface area contributed by atoms with Crippen molar-refractivity contribution in [2.45, 2.75) is 12.5 Å². The fourth-order valence-electron chi connectivity index (χ4n) is 2.09. The summed E-state index contributed by atoms with van der Waals surface area (Å²) in [6, 6.07) is 10.0. The Morgan fingerprint density at radius 1 is 1.22 bits per heavy atom. The second-order valence-corrected chi connectivity index (χ2v) is 4.69. The van der Waals surface area contributed by atoms with Crippen LogP contribution in [0.15, 0.2) is 36.4 Å². The molecular formula is C15H19NO2. The smallest absolute Gasteiger partial charge is 0.143 e. The van der Waals surface area contributed by atoms with Crippen LogP contribution < -0.4 is 0 Å². The van der Waals surface area contributed by atoms with Crippen molar-refractivity contribution in [2.75, 3.05) is 26.3 Å². The maximum absolute atomic E-state index is 11.4. The van der Waals surface area contributed by atoms with E-state index >= 15 is 0 Å². The fraction of sp³-hybridized carbons (Fsp3) is 0.400. The molecule has 0 spiro atoms. The molecule has 1 atom stereocenters. The van der Waals surface area contributed by atoms with Crippen molar-refractivity contribution >= 4 is 12.4 Å². The third-order valence-corrected chi connectivity index (χ3v) is 3.34. The van der Waals surface area contributed by atoms with Crippen molar-refractivity contribution in [1.82, 2.24) is 4.90 Å². The summed E-state index contributed by atoms with van der Waals surface area (Å²) in [4.78, 5) is 13.6. The van der Waals surface area contributed by atoms with Crippen molar-refractivity contribution < 1.29 is 9.53 Å². The van der Waals surface area contributed by atoms with Gasteiger partial charge in [0.2, 0.25) is 0 Å². The molecule has 3 nitrogen and oxygen atoms in total. The number of nitrogens with zero attached hydrogens (tertiary/aromatic N) is 1. The monoisotopic (exact) mass is 245 g/mol. The minimum atomic E-state index is -0.542. The lowest BCUT2D eigenvalue weighted by atomic mass is 9.99. The Kier molecular flexibility index (Phi) is 4.28. The van der Waals surface area contributed by atoms with E-state index < -0.39 is 5.54 Å². The number of aldehydes is 1. The summed E-state index contributed by atoms with van der Waals surface area (Å²) in [7, 11) is 0. The van der Waals surface area contributed by atoms with Gasteiger partial charge in [0.1, 0.15) is 6.29 Å². The number of carbonyl (C=O) groups excluding carboxylic acids is 1. The number of rotatable bonds is 4. The second-order valence-electron chi connectivity index (χ2n) is 4.69. The zero-order valence-corrected chi connectivity index (χ0v) is 10.7. The number of hydrogen-bond donors (Lipinski definition) is 0. The van der Waals surface area contributed by atoms with Gasteiger partial charge in [-0.3, -0.25) is 4.90 Å². The molecule has 18 heavy (non-hydrogen) atoms. The van der Waals surface area contributed by atoms with E-state index in [1.54, 1.807) is 0 Å². The lowest BCUT2D eigenvalue weighted by molar-refractivity contribution is -0.117. The van der Waals surface area contributed by atoms with Crippen LogP contribution in [-0.4, -0.2) is 43.0 Å². The van der Waals surface area contributed by atoms with E-state index in [0.717, 1.165) is 24.9 Å². The van der Waals surface area contributed by atoms with Gasteiger partial charge in [-0.05, 0) is 12.5 Å². The first kappa shape index (κ1) is 13.0. The zero-order valence-electron chi connectivity index (χ0n) is 10.7. The van der Waals surface area contributed by atoms with Gasteiger partial charge in [0.15, 0.2) is 0 Å². The van der Waals surface area contributed by atoms with Crippen LogP contribution in [0.25, 0.3) is 6.08 Å². The lowest BCUT2D eigenvalue weighted by Gasteiger charge is -2.37. The number of ether oxygens (including phenoxy) is 1. The Hall–Kier alpha value is -1.45. The van der Waals surface area contributed by atoms with E-state index in [-0.39, 0.29) is 0 Å². The van der Waals surface area contributed by atoms with Crippen molar-refractivity contribution in [3.63, 3.8) is 0 Å². The molecule has 1 aliphatic heterocycles. The van der Waals surface area contributed by atoms with Gasteiger partial charge in [0, 0.05) is 13.1 Å². The van der Waals surface area contributed by atoms with Crippen LogP contribution in [0.2, 0.25) is 0 Å². The summed E-state index contributed by atoms with van der Waals surface area (Å²) in [6.45, 7) is 4.94. The average Bonchev–Trinajstić information content (AvgIpc) is 2.47. The van der Waals surface area contributed by atoms with Crippen LogP contribution >= 0.6 is 0 Å². The minimum Gasteiger partial charge on any atom is -0.379 e. The molecule has 0 aliphatic carbocycles. The van der Waals surface area contributed by atoms with E-state index in [4.69, 9.17) is 4.74 Å². The quantitative estimate of drug-likeness (QED) is 0.760. The molecule has 0 saturated carbocycles. The summed E-state index contributed by atoms with van der Waals surface area (Å²) >= 11 is 0. The van der Waals surface area contributed by atoms with Crippen LogP contribution in [0.4, 0.5) is 0 Å². The van der Waals surface area contributed by atoms with E-state index in [9.17, 15) is 4.79 Å². The Morgan fingerprint density at radius 2 is 1.89 bits per heavy atom. The van der Waals surface area contributed by atoms with Crippen LogP contribution in [0.3, 0.4) is 0 Å². The molecule has 0 bridgehead atoms. The molecule has 1 aromatic carbocycles. The molecule has 0 amide bonds. The SMILES string of the molecule is CC(C=O)(/C=C/c1ccccc1)N1CCOCC1. The van der Waals surface area contributed by atoms with Crippen LogP contribution in [0.1, 0.15) is 12.5 Å². The first-order valence-corrected chi connectivity index (χ1v) is 6.28. The first-order chi connectivity index (χ1) is 8.74. The highest BCUT2D eigenvalue weighted by Crippen LogP contribution is 2.17. The maximum Gasteiger partial charge on any atom is 0.143 e. The molecular weight excluding hydrogens is 226 g/mol. The summed E-state index contributed by atoms with van der Waals surface area (Å²) in [6.07, 6.45) is 4.99. The van der Waals surface area contributed by atoms with Gasteiger partial charge in [-0.2, -0.15) is 0 Å². The number of morpholine rings is 1. The van der Waals surface area contributed by atoms with E-state index in [1.807, 2.05) is 49.4 Å². The van der Waals surface area contributed by atoms with Gasteiger partial charge in [0.05, 0.1) is 18.8 Å². The molecule has 1 fully saturated rings. The van der Waals surface area contributed by atoms with E-state index in [1.165, 1.54) is 0 Å². The maximum atomic E-state index is 11.4. The fourth-order valence-corrected chi connectivity index (χ4v) is 2.09. The van der Waals surface area contributed by atoms with Crippen molar-refractivity contribution in [3.8, 4) is 0 Å². The standard InChI is InChI=1S/C15H19NO2/c1-15(13-17,16-9-11-18-12-10-16)8-7-14-5-3-2-4-6-14/h2-8,13H,9-12H2,1H3/b8-7+. The Morgan fingerprint density at radius 3 is 2.50 bits per heavy atom. The van der Waals surface area contributed by atoms with Gasteiger partial charge >= 0.3 is 0 Å². The van der Waals surface area contributed by atoms with E-state index in [2.05, 4.69) is 4.90 Å². The summed E-state index contributed by atoms with van der Waals surface area (Å²) in [5, 5.41) is 0. The molecule has 1 saturated heterocycles. The first-order valence-electron chi connectivity index (χ1n) is 6.28. The van der Waals surface area contributed by atoms with Crippen LogP contribution in [0.5, 0.6) is 0 Å². The second kappa shape index (κ2) is 5.94. The Bertz CT molecular complexity index is 410. The Labute approximate surface area is 108 Å². The zero-order chi connectivity index (χ0) is 12.8. The lowest BCUT2D eigenvalue weighted by Crippen LogP contribution is -2.51. The van der Waals surface area contributed by atoms with Crippen molar-refractivity contribution in [1.29, 1.82) is 0 Å². The molecule has 1 aliphatic rings. The van der Waals surface area contributed by atoms with Gasteiger partial charge < -0.3 is 9.53 Å². The number of carbonyl (C=O) groups is 1. The van der Waals surface area contributed by atoms with Crippen molar-refractivity contribution in [2.24, 2.45) is 0 Å². The molecule has 1 aromatic rings. The van der Waals surface area contributed by atoms with Gasteiger partial charge in [0.25, 0.3) is 0 Å². The van der Waals surface area contributed by atoms with Gasteiger partial charge in [-0.1, -0.05) is 42.5 Å². The molecule has 2 rings (SSSR count). The predicted molar refractivity (Wildman–Crippen MR) is 72.3 cm³/mol. The molecule has 3 heteroatoms. The summed E-state index contributed by atoms with van der Waals surface area (Å²) in [5.41, 5.74) is 0.568. The number of benzene rings is 1. The topological polar surface area (TPSA) is 29.5 Å². The van der Waals surface area contributed by atoms with Gasteiger partial charge in [-0.25, -0.2) is 0 Å². The minimum absolute atomic E-state index is 0.542. The van der Waals surface area contributed by atoms with E-state index in [0.29, 0.717) is 13.2 Å². The van der Waals surface area contributed by atoms with Crippen LogP contribution in [-0.2, 0) is 9.53 Å². The van der Waals surface area contributed by atoms with Crippen LogP contribution in [0, 0.1) is 0 Å². The third kappa shape index (κ3) is 3.06. The third-order valence-electron chi connectivity index (χ3n) is 3.34. The Balaban J connectivity index is 2.12. The molecule has 0 N–H and O–H groups in total. The molecule has 0 aromatic heterocycles. The normalized spacial score (nSPS) is 20.7.